The smallest absolute Gasteiger partial charge is 0.328 e. The number of Topliss-reactive ketones (excluding diaryl/α,β-unsaturated/α-hetero) is 1. The Balaban J connectivity index is 3.47. The van der Waals surface area contributed by atoms with Crippen LogP contribution in [0.3, 0.4) is 0 Å². The molecule has 1 aliphatic carbocycles. The van der Waals surface area contributed by atoms with E-state index in [0.717, 1.165) is 12.8 Å². The molecule has 116 valence electrons. The fraction of sp³-hybridized carbons (Fsp3) is 0.556. The molecular weight excluding hydrogens is 264 g/mol. The zero-order chi connectivity index (χ0) is 16.4. The highest BCUT2D eigenvalue weighted by molar-refractivity contribution is 6.12. The molecule has 3 nitrogen and oxygen atoms in total. The fourth-order valence-electron chi connectivity index (χ4n) is 2.26. The second-order valence-corrected chi connectivity index (χ2v) is 6.90. The third-order valence-corrected chi connectivity index (χ3v) is 4.63. The lowest BCUT2D eigenvalue weighted by atomic mass is 9.69. The summed E-state index contributed by atoms with van der Waals surface area (Å²) in [5.74, 6) is -0.939. The summed E-state index contributed by atoms with van der Waals surface area (Å²) in [6.07, 6.45) is 6.28. The summed E-state index contributed by atoms with van der Waals surface area (Å²) in [5, 5.41) is 9.00. The van der Waals surface area contributed by atoms with Crippen LogP contribution in [0.2, 0.25) is 0 Å². The zero-order valence-corrected chi connectivity index (χ0v) is 13.9. The predicted molar refractivity (Wildman–Crippen MR) is 85.0 cm³/mol. The predicted octanol–water partition coefficient (Wildman–Crippen LogP) is 4.31. The molecule has 1 rings (SSSR count). The van der Waals surface area contributed by atoms with Crippen molar-refractivity contribution in [1.82, 2.24) is 0 Å². The average Bonchev–Trinajstić information content (AvgIpc) is 2.39. The largest absolute Gasteiger partial charge is 0.478 e. The number of allylic oxidation sites excluding steroid dienone is 5. The summed E-state index contributed by atoms with van der Waals surface area (Å²) < 4.78 is 0. The third kappa shape index (κ3) is 3.72. The molecule has 3 heteroatoms. The standard InChI is InChI=1S/C18H26O3/c1-7-17(3,4)13-9-12(11-15(19)20)10-14(16(13)21)18(5,6)8-2/h9-11H,7-8H2,1-6H3,(H,19,20). The SMILES string of the molecule is CCC(C)(C)C1=CC(=CC(=O)O)C=C(C(C)(C)CC)C1=O. The van der Waals surface area contributed by atoms with Gasteiger partial charge >= 0.3 is 5.97 Å². The summed E-state index contributed by atoms with van der Waals surface area (Å²) in [6, 6.07) is 0. The van der Waals surface area contributed by atoms with Crippen LogP contribution in [0.25, 0.3) is 0 Å². The second-order valence-electron chi connectivity index (χ2n) is 6.90. The fourth-order valence-corrected chi connectivity index (χ4v) is 2.26. The Labute approximate surface area is 127 Å². The van der Waals surface area contributed by atoms with Crippen molar-refractivity contribution in [3.8, 4) is 0 Å². The van der Waals surface area contributed by atoms with Gasteiger partial charge in [-0.3, -0.25) is 4.79 Å². The first-order chi connectivity index (χ1) is 9.55. The highest BCUT2D eigenvalue weighted by Gasteiger charge is 2.36. The van der Waals surface area contributed by atoms with Gasteiger partial charge in [0.15, 0.2) is 5.78 Å². The minimum Gasteiger partial charge on any atom is -0.478 e. The van der Waals surface area contributed by atoms with Crippen molar-refractivity contribution in [2.75, 3.05) is 0 Å². The van der Waals surface area contributed by atoms with Gasteiger partial charge in [-0.1, -0.05) is 41.5 Å². The number of carbonyl (C=O) groups is 2. The number of carboxylic acid groups (broad SMARTS) is 1. The van der Waals surface area contributed by atoms with Gasteiger partial charge in [0.1, 0.15) is 0 Å². The van der Waals surface area contributed by atoms with E-state index in [1.807, 2.05) is 41.5 Å². The Morgan fingerprint density at radius 2 is 1.43 bits per heavy atom. The highest BCUT2D eigenvalue weighted by atomic mass is 16.4. The molecule has 0 fully saturated rings. The summed E-state index contributed by atoms with van der Waals surface area (Å²) in [6.45, 7) is 12.2. The van der Waals surface area contributed by atoms with Gasteiger partial charge in [-0.15, -0.1) is 0 Å². The molecule has 0 spiro atoms. The van der Waals surface area contributed by atoms with E-state index in [1.165, 1.54) is 6.08 Å². The van der Waals surface area contributed by atoms with E-state index in [9.17, 15) is 9.59 Å². The van der Waals surface area contributed by atoms with Crippen LogP contribution in [0, 0.1) is 10.8 Å². The van der Waals surface area contributed by atoms with Crippen molar-refractivity contribution in [3.05, 3.63) is 34.9 Å². The molecule has 0 atom stereocenters. The third-order valence-electron chi connectivity index (χ3n) is 4.63. The lowest BCUT2D eigenvalue weighted by Gasteiger charge is -2.34. The van der Waals surface area contributed by atoms with Crippen LogP contribution in [0.4, 0.5) is 0 Å². The molecule has 21 heavy (non-hydrogen) atoms. The van der Waals surface area contributed by atoms with Crippen molar-refractivity contribution in [3.63, 3.8) is 0 Å². The molecule has 1 aliphatic rings. The molecule has 0 aromatic carbocycles. The van der Waals surface area contributed by atoms with Crippen LogP contribution in [0.5, 0.6) is 0 Å². The van der Waals surface area contributed by atoms with Gasteiger partial charge < -0.3 is 5.11 Å². The maximum absolute atomic E-state index is 12.9. The van der Waals surface area contributed by atoms with E-state index in [-0.39, 0.29) is 16.6 Å². The van der Waals surface area contributed by atoms with Gasteiger partial charge in [0.2, 0.25) is 0 Å². The Morgan fingerprint density at radius 1 is 1.05 bits per heavy atom. The minimum absolute atomic E-state index is 0.0521. The summed E-state index contributed by atoms with van der Waals surface area (Å²) >= 11 is 0. The Bertz CT molecular complexity index is 505. The van der Waals surface area contributed by atoms with Gasteiger partial charge in [-0.25, -0.2) is 4.79 Å². The van der Waals surface area contributed by atoms with E-state index in [1.54, 1.807) is 12.2 Å². The van der Waals surface area contributed by atoms with Crippen LogP contribution in [-0.2, 0) is 9.59 Å². The number of carbonyl (C=O) groups excluding carboxylic acids is 1. The molecule has 0 aromatic rings. The Hall–Kier alpha value is -1.64. The molecule has 0 unspecified atom stereocenters. The van der Waals surface area contributed by atoms with Gasteiger partial charge in [0, 0.05) is 17.2 Å². The average molecular weight is 290 g/mol. The highest BCUT2D eigenvalue weighted by Crippen LogP contribution is 2.41. The Kier molecular flexibility index (Phi) is 4.98. The van der Waals surface area contributed by atoms with E-state index >= 15 is 0 Å². The molecule has 0 bridgehead atoms. The van der Waals surface area contributed by atoms with Crippen molar-refractivity contribution in [1.29, 1.82) is 0 Å². The number of carboxylic acids is 1. The molecule has 0 aromatic heterocycles. The number of hydrogen-bond acceptors (Lipinski definition) is 2. The van der Waals surface area contributed by atoms with Crippen molar-refractivity contribution < 1.29 is 14.7 Å². The first kappa shape index (κ1) is 17.4. The number of hydrogen-bond donors (Lipinski definition) is 1. The van der Waals surface area contributed by atoms with E-state index < -0.39 is 5.97 Å². The van der Waals surface area contributed by atoms with Crippen molar-refractivity contribution in [2.45, 2.75) is 54.4 Å². The van der Waals surface area contributed by atoms with E-state index in [4.69, 9.17) is 5.11 Å². The van der Waals surface area contributed by atoms with Gasteiger partial charge in [-0.05, 0) is 41.4 Å². The minimum atomic E-state index is -0.992. The van der Waals surface area contributed by atoms with Crippen molar-refractivity contribution >= 4 is 11.8 Å². The Morgan fingerprint density at radius 3 is 1.71 bits per heavy atom. The van der Waals surface area contributed by atoms with Crippen LogP contribution >= 0.6 is 0 Å². The van der Waals surface area contributed by atoms with Crippen LogP contribution in [0.15, 0.2) is 34.9 Å². The number of aliphatic carboxylic acids is 1. The first-order valence-corrected chi connectivity index (χ1v) is 7.49. The number of ketones is 1. The molecule has 0 heterocycles. The zero-order valence-electron chi connectivity index (χ0n) is 13.9. The second kappa shape index (κ2) is 6.00. The van der Waals surface area contributed by atoms with Gasteiger partial charge in [-0.2, -0.15) is 0 Å². The maximum Gasteiger partial charge on any atom is 0.328 e. The van der Waals surface area contributed by atoms with Gasteiger partial charge in [0.05, 0.1) is 0 Å². The van der Waals surface area contributed by atoms with E-state index in [2.05, 4.69) is 0 Å². The maximum atomic E-state index is 12.9. The van der Waals surface area contributed by atoms with Crippen LogP contribution in [0.1, 0.15) is 54.4 Å². The molecule has 0 amide bonds. The summed E-state index contributed by atoms with van der Waals surface area (Å²) in [5.41, 5.74) is 1.47. The normalized spacial score (nSPS) is 16.5. The molecule has 0 aliphatic heterocycles. The summed E-state index contributed by atoms with van der Waals surface area (Å²) in [7, 11) is 0. The lowest BCUT2D eigenvalue weighted by Crippen LogP contribution is -2.30. The van der Waals surface area contributed by atoms with Crippen LogP contribution in [-0.4, -0.2) is 16.9 Å². The summed E-state index contributed by atoms with van der Waals surface area (Å²) in [4.78, 5) is 23.8. The number of rotatable bonds is 5. The van der Waals surface area contributed by atoms with Gasteiger partial charge in [0.25, 0.3) is 0 Å². The van der Waals surface area contributed by atoms with Crippen LogP contribution < -0.4 is 0 Å². The molecule has 1 N–H and O–H groups in total. The molecule has 0 radical (unpaired) electrons. The first-order valence-electron chi connectivity index (χ1n) is 7.49. The molecule has 0 saturated carbocycles. The topological polar surface area (TPSA) is 54.4 Å². The molecular formula is C18H26O3. The quantitative estimate of drug-likeness (QED) is 0.768. The lowest BCUT2D eigenvalue weighted by molar-refractivity contribution is -0.131. The molecule has 0 saturated heterocycles. The van der Waals surface area contributed by atoms with E-state index in [0.29, 0.717) is 16.7 Å². The monoisotopic (exact) mass is 290 g/mol. The van der Waals surface area contributed by atoms with Crippen molar-refractivity contribution in [2.24, 2.45) is 10.8 Å².